The van der Waals surface area contributed by atoms with E-state index in [9.17, 15) is 9.59 Å². The minimum absolute atomic E-state index is 0. The first kappa shape index (κ1) is 22.3. The second-order valence-corrected chi connectivity index (χ2v) is 7.79. The molecule has 3 rings (SSSR count). The van der Waals surface area contributed by atoms with Crippen molar-refractivity contribution in [1.29, 1.82) is 0 Å². The Labute approximate surface area is 172 Å². The summed E-state index contributed by atoms with van der Waals surface area (Å²) in [5.74, 6) is 0.466. The second-order valence-electron chi connectivity index (χ2n) is 7.79. The van der Waals surface area contributed by atoms with Crippen LogP contribution < -0.4 is 25.8 Å². The second kappa shape index (κ2) is 9.47. The summed E-state index contributed by atoms with van der Waals surface area (Å²) < 4.78 is 10.9. The zero-order valence-corrected chi connectivity index (χ0v) is 17.3. The van der Waals surface area contributed by atoms with Gasteiger partial charge in [-0.25, -0.2) is 0 Å². The fourth-order valence-electron chi connectivity index (χ4n) is 3.53. The third-order valence-electron chi connectivity index (χ3n) is 5.30. The van der Waals surface area contributed by atoms with Crippen molar-refractivity contribution in [3.05, 3.63) is 18.2 Å². The fourth-order valence-corrected chi connectivity index (χ4v) is 3.53. The van der Waals surface area contributed by atoms with Crippen LogP contribution in [0, 0.1) is 5.92 Å². The van der Waals surface area contributed by atoms with Gasteiger partial charge in [-0.3, -0.25) is 9.59 Å². The molecule has 0 spiro atoms. The first-order chi connectivity index (χ1) is 12.9. The Kier molecular flexibility index (Phi) is 7.55. The van der Waals surface area contributed by atoms with Crippen molar-refractivity contribution in [1.82, 2.24) is 5.32 Å². The predicted octanol–water partition coefficient (Wildman–Crippen LogP) is 2.62. The molecule has 156 valence electrons. The molecule has 4 N–H and O–H groups in total. The van der Waals surface area contributed by atoms with Crippen molar-refractivity contribution in [3.8, 4) is 11.5 Å². The Balaban J connectivity index is 0.00000280. The molecule has 28 heavy (non-hydrogen) atoms. The highest BCUT2D eigenvalue weighted by Crippen LogP contribution is 2.34. The molecule has 0 aliphatic heterocycles. The lowest BCUT2D eigenvalue weighted by molar-refractivity contribution is -0.123. The maximum absolute atomic E-state index is 12.7. The SMILES string of the molecule is COc1ccc(NC(=O)C2CCCCC2(C)N)cc1OCC(=O)NC1CC1.Cl. The van der Waals surface area contributed by atoms with Crippen molar-refractivity contribution >= 4 is 29.9 Å². The Morgan fingerprint density at radius 1 is 1.21 bits per heavy atom. The lowest BCUT2D eigenvalue weighted by atomic mass is 9.74. The molecule has 7 nitrogen and oxygen atoms in total. The first-order valence-electron chi connectivity index (χ1n) is 9.59. The van der Waals surface area contributed by atoms with Gasteiger partial charge in [0.25, 0.3) is 5.91 Å². The van der Waals surface area contributed by atoms with Crippen molar-refractivity contribution in [2.24, 2.45) is 11.7 Å². The third-order valence-corrected chi connectivity index (χ3v) is 5.30. The molecule has 2 amide bonds. The van der Waals surface area contributed by atoms with Crippen LogP contribution >= 0.6 is 12.4 Å². The van der Waals surface area contributed by atoms with Crippen LogP contribution in [-0.2, 0) is 9.59 Å². The van der Waals surface area contributed by atoms with Crippen LogP contribution in [0.3, 0.4) is 0 Å². The maximum Gasteiger partial charge on any atom is 0.258 e. The maximum atomic E-state index is 12.7. The van der Waals surface area contributed by atoms with Crippen LogP contribution in [0.25, 0.3) is 0 Å². The van der Waals surface area contributed by atoms with Crippen molar-refractivity contribution in [3.63, 3.8) is 0 Å². The zero-order chi connectivity index (χ0) is 19.4. The number of amides is 2. The number of rotatable bonds is 7. The van der Waals surface area contributed by atoms with Crippen molar-refractivity contribution in [2.75, 3.05) is 19.0 Å². The lowest BCUT2D eigenvalue weighted by Gasteiger charge is -2.37. The van der Waals surface area contributed by atoms with E-state index in [0.717, 1.165) is 38.5 Å². The molecule has 1 aromatic carbocycles. The molecular weight excluding hydrogens is 382 g/mol. The van der Waals surface area contributed by atoms with Gasteiger partial charge in [-0.05, 0) is 44.7 Å². The predicted molar refractivity (Wildman–Crippen MR) is 110 cm³/mol. The van der Waals surface area contributed by atoms with E-state index < -0.39 is 5.54 Å². The zero-order valence-electron chi connectivity index (χ0n) is 16.5. The summed E-state index contributed by atoms with van der Waals surface area (Å²) in [6, 6.07) is 5.43. The standard InChI is InChI=1S/C20H29N3O4.ClH/c1-20(21)10-4-3-5-15(20)19(25)23-14-8-9-16(26-2)17(11-14)27-12-18(24)22-13-6-7-13;/h8-9,11,13,15H,3-7,10,12,21H2,1-2H3,(H,22,24)(H,23,25);1H. The average molecular weight is 412 g/mol. The summed E-state index contributed by atoms with van der Waals surface area (Å²) in [5.41, 5.74) is 6.43. The summed E-state index contributed by atoms with van der Waals surface area (Å²) >= 11 is 0. The van der Waals surface area contributed by atoms with Gasteiger partial charge in [0.2, 0.25) is 5.91 Å². The van der Waals surface area contributed by atoms with Crippen LogP contribution in [0.1, 0.15) is 45.4 Å². The van der Waals surface area contributed by atoms with Crippen LogP contribution in [-0.4, -0.2) is 37.1 Å². The van der Waals surface area contributed by atoms with E-state index in [4.69, 9.17) is 15.2 Å². The number of nitrogens with one attached hydrogen (secondary N) is 2. The number of halogens is 1. The lowest BCUT2D eigenvalue weighted by Crippen LogP contribution is -2.51. The van der Waals surface area contributed by atoms with E-state index in [2.05, 4.69) is 10.6 Å². The fraction of sp³-hybridized carbons (Fsp3) is 0.600. The number of carbonyl (C=O) groups is 2. The monoisotopic (exact) mass is 411 g/mol. The van der Waals surface area contributed by atoms with Gasteiger partial charge in [0.1, 0.15) is 0 Å². The smallest absolute Gasteiger partial charge is 0.258 e. The van der Waals surface area contributed by atoms with E-state index >= 15 is 0 Å². The minimum atomic E-state index is -0.491. The molecule has 2 fully saturated rings. The molecule has 0 heterocycles. The van der Waals surface area contributed by atoms with E-state index in [-0.39, 0.29) is 42.8 Å². The number of hydrogen-bond donors (Lipinski definition) is 3. The number of carbonyl (C=O) groups excluding carboxylic acids is 2. The molecule has 0 bridgehead atoms. The van der Waals surface area contributed by atoms with Crippen molar-refractivity contribution < 1.29 is 19.1 Å². The number of ether oxygens (including phenoxy) is 2. The van der Waals surface area contributed by atoms with Crippen LogP contribution in [0.15, 0.2) is 18.2 Å². The number of nitrogens with two attached hydrogens (primary N) is 1. The minimum Gasteiger partial charge on any atom is -0.493 e. The quantitative estimate of drug-likeness (QED) is 0.640. The van der Waals surface area contributed by atoms with Gasteiger partial charge in [0.05, 0.1) is 13.0 Å². The number of hydrogen-bond acceptors (Lipinski definition) is 5. The molecule has 2 saturated carbocycles. The van der Waals surface area contributed by atoms with E-state index in [0.29, 0.717) is 17.2 Å². The van der Waals surface area contributed by atoms with E-state index in [1.54, 1.807) is 18.2 Å². The normalized spacial score (nSPS) is 23.9. The van der Waals surface area contributed by atoms with Crippen LogP contribution in [0.2, 0.25) is 0 Å². The van der Waals surface area contributed by atoms with E-state index in [1.165, 1.54) is 7.11 Å². The molecule has 2 aliphatic carbocycles. The van der Waals surface area contributed by atoms with Gasteiger partial charge in [-0.1, -0.05) is 12.8 Å². The largest absolute Gasteiger partial charge is 0.493 e. The van der Waals surface area contributed by atoms with Crippen LogP contribution in [0.4, 0.5) is 5.69 Å². The van der Waals surface area contributed by atoms with Gasteiger partial charge in [-0.15, -0.1) is 12.4 Å². The Morgan fingerprint density at radius 3 is 2.61 bits per heavy atom. The van der Waals surface area contributed by atoms with Crippen molar-refractivity contribution in [2.45, 2.75) is 57.0 Å². The van der Waals surface area contributed by atoms with Crippen LogP contribution in [0.5, 0.6) is 11.5 Å². The Bertz CT molecular complexity index is 707. The Morgan fingerprint density at radius 2 is 1.96 bits per heavy atom. The van der Waals surface area contributed by atoms with Gasteiger partial charge in [-0.2, -0.15) is 0 Å². The molecule has 1 aromatic rings. The summed E-state index contributed by atoms with van der Waals surface area (Å²) in [7, 11) is 1.53. The van der Waals surface area contributed by atoms with E-state index in [1.807, 2.05) is 6.92 Å². The molecule has 8 heteroatoms. The molecule has 0 saturated heterocycles. The average Bonchev–Trinajstić information content (AvgIpc) is 3.43. The molecular formula is C20H30ClN3O4. The topological polar surface area (TPSA) is 103 Å². The molecule has 2 atom stereocenters. The summed E-state index contributed by atoms with van der Waals surface area (Å²) in [4.78, 5) is 24.6. The summed E-state index contributed by atoms with van der Waals surface area (Å²) in [6.45, 7) is 1.85. The molecule has 2 unspecified atom stereocenters. The number of anilines is 1. The Hall–Kier alpha value is -1.99. The number of methoxy groups -OCH3 is 1. The summed E-state index contributed by atoms with van der Waals surface area (Å²) in [5, 5.41) is 5.81. The highest BCUT2D eigenvalue weighted by atomic mass is 35.5. The summed E-state index contributed by atoms with van der Waals surface area (Å²) in [6.07, 6.45) is 5.76. The van der Waals surface area contributed by atoms with Gasteiger partial charge in [0.15, 0.2) is 18.1 Å². The molecule has 0 aromatic heterocycles. The number of benzene rings is 1. The van der Waals surface area contributed by atoms with Gasteiger partial charge in [0, 0.05) is 23.3 Å². The third kappa shape index (κ3) is 5.75. The first-order valence-corrected chi connectivity index (χ1v) is 9.59. The highest BCUT2D eigenvalue weighted by molar-refractivity contribution is 5.93. The highest BCUT2D eigenvalue weighted by Gasteiger charge is 2.37. The van der Waals surface area contributed by atoms with Gasteiger partial charge < -0.3 is 25.8 Å². The molecule has 0 radical (unpaired) electrons. The van der Waals surface area contributed by atoms with Gasteiger partial charge >= 0.3 is 0 Å². The molecule has 2 aliphatic rings.